The lowest BCUT2D eigenvalue weighted by Crippen LogP contribution is -2.15. The Hall–Kier alpha value is -3.21. The first kappa shape index (κ1) is 17.6. The minimum Gasteiger partial charge on any atom is -0.339 e. The summed E-state index contributed by atoms with van der Waals surface area (Å²) in [6, 6.07) is 13.9. The SMILES string of the molecule is CCc1ccccc1Nc1cnc(C(=O)Nc2cccc(C)c2C)cn1. The number of aromatic nitrogens is 2. The van der Waals surface area contributed by atoms with Crippen molar-refractivity contribution in [3.63, 3.8) is 0 Å². The largest absolute Gasteiger partial charge is 0.339 e. The molecule has 1 aromatic heterocycles. The third-order valence-corrected chi connectivity index (χ3v) is 4.40. The van der Waals surface area contributed by atoms with Gasteiger partial charge in [-0.3, -0.25) is 4.79 Å². The maximum Gasteiger partial charge on any atom is 0.275 e. The van der Waals surface area contributed by atoms with Crippen LogP contribution in [0.2, 0.25) is 0 Å². The number of nitrogens with one attached hydrogen (secondary N) is 2. The van der Waals surface area contributed by atoms with Crippen LogP contribution in [0.15, 0.2) is 54.9 Å². The molecule has 0 spiro atoms. The molecule has 0 aliphatic heterocycles. The van der Waals surface area contributed by atoms with Crippen LogP contribution >= 0.6 is 0 Å². The minimum atomic E-state index is -0.272. The molecule has 1 amide bonds. The van der Waals surface area contributed by atoms with Crippen molar-refractivity contribution in [2.75, 3.05) is 10.6 Å². The number of hydrogen-bond acceptors (Lipinski definition) is 4. The van der Waals surface area contributed by atoms with E-state index in [0.29, 0.717) is 5.82 Å². The number of anilines is 3. The molecule has 5 heteroatoms. The van der Waals surface area contributed by atoms with E-state index in [4.69, 9.17) is 0 Å². The molecule has 5 nitrogen and oxygen atoms in total. The molecule has 0 aliphatic rings. The maximum absolute atomic E-state index is 12.4. The Morgan fingerprint density at radius 2 is 1.73 bits per heavy atom. The van der Waals surface area contributed by atoms with Crippen molar-refractivity contribution in [1.29, 1.82) is 0 Å². The quantitative estimate of drug-likeness (QED) is 0.705. The minimum absolute atomic E-state index is 0.272. The van der Waals surface area contributed by atoms with Gasteiger partial charge in [-0.05, 0) is 49.1 Å². The molecule has 0 bridgehead atoms. The molecule has 0 fully saturated rings. The number of amides is 1. The Kier molecular flexibility index (Phi) is 5.27. The first-order valence-electron chi connectivity index (χ1n) is 8.63. The van der Waals surface area contributed by atoms with Gasteiger partial charge in [-0.15, -0.1) is 0 Å². The molecule has 26 heavy (non-hydrogen) atoms. The average Bonchev–Trinajstić information content (AvgIpc) is 2.66. The van der Waals surface area contributed by atoms with E-state index in [1.54, 1.807) is 6.20 Å². The third kappa shape index (κ3) is 3.88. The fourth-order valence-electron chi connectivity index (χ4n) is 2.67. The van der Waals surface area contributed by atoms with Crippen LogP contribution in [0.4, 0.5) is 17.2 Å². The molecule has 0 saturated carbocycles. The number of hydrogen-bond donors (Lipinski definition) is 2. The predicted molar refractivity (Wildman–Crippen MR) is 105 cm³/mol. The molecule has 2 aromatic carbocycles. The van der Waals surface area contributed by atoms with Gasteiger partial charge in [0, 0.05) is 11.4 Å². The second kappa shape index (κ2) is 7.78. The Bertz CT molecular complexity index is 920. The zero-order valence-corrected chi connectivity index (χ0v) is 15.2. The van der Waals surface area contributed by atoms with Crippen LogP contribution in [0, 0.1) is 13.8 Å². The molecule has 2 N–H and O–H groups in total. The Labute approximate surface area is 153 Å². The highest BCUT2D eigenvalue weighted by Gasteiger charge is 2.11. The highest BCUT2D eigenvalue weighted by atomic mass is 16.1. The van der Waals surface area contributed by atoms with Crippen LogP contribution in [0.25, 0.3) is 0 Å². The van der Waals surface area contributed by atoms with Crippen molar-refractivity contribution in [3.05, 3.63) is 77.2 Å². The lowest BCUT2D eigenvalue weighted by molar-refractivity contribution is 0.102. The van der Waals surface area contributed by atoms with Crippen LogP contribution in [0.3, 0.4) is 0 Å². The summed E-state index contributed by atoms with van der Waals surface area (Å²) >= 11 is 0. The van der Waals surface area contributed by atoms with Gasteiger partial charge in [0.25, 0.3) is 5.91 Å². The lowest BCUT2D eigenvalue weighted by atomic mass is 10.1. The van der Waals surface area contributed by atoms with E-state index >= 15 is 0 Å². The van der Waals surface area contributed by atoms with Crippen LogP contribution < -0.4 is 10.6 Å². The van der Waals surface area contributed by atoms with Crippen molar-refractivity contribution < 1.29 is 4.79 Å². The molecule has 3 rings (SSSR count). The zero-order valence-electron chi connectivity index (χ0n) is 15.2. The van der Waals surface area contributed by atoms with Crippen molar-refractivity contribution in [1.82, 2.24) is 9.97 Å². The standard InChI is InChI=1S/C21H22N4O/c1-4-16-9-5-6-10-18(16)24-20-13-22-19(12-23-20)21(26)25-17-11-7-8-14(2)15(17)3/h5-13H,4H2,1-3H3,(H,23,24)(H,25,26). The van der Waals surface area contributed by atoms with Crippen LogP contribution in [0.1, 0.15) is 34.1 Å². The first-order valence-corrected chi connectivity index (χ1v) is 8.63. The molecule has 0 saturated heterocycles. The van der Waals surface area contributed by atoms with Crippen molar-refractivity contribution >= 4 is 23.1 Å². The van der Waals surface area contributed by atoms with Gasteiger partial charge in [-0.2, -0.15) is 0 Å². The monoisotopic (exact) mass is 346 g/mol. The van der Waals surface area contributed by atoms with Crippen LogP contribution in [-0.4, -0.2) is 15.9 Å². The van der Waals surface area contributed by atoms with E-state index in [-0.39, 0.29) is 11.6 Å². The fraction of sp³-hybridized carbons (Fsp3) is 0.190. The van der Waals surface area contributed by atoms with E-state index in [9.17, 15) is 4.79 Å². The number of para-hydroxylation sites is 1. The molecule has 0 aliphatic carbocycles. The summed E-state index contributed by atoms with van der Waals surface area (Å²) in [4.78, 5) is 21.0. The van der Waals surface area contributed by atoms with E-state index in [0.717, 1.165) is 28.9 Å². The van der Waals surface area contributed by atoms with E-state index in [1.165, 1.54) is 11.8 Å². The normalized spacial score (nSPS) is 10.4. The van der Waals surface area contributed by atoms with Crippen molar-refractivity contribution in [3.8, 4) is 0 Å². The van der Waals surface area contributed by atoms with Crippen molar-refractivity contribution in [2.45, 2.75) is 27.2 Å². The number of carbonyl (C=O) groups is 1. The summed E-state index contributed by atoms with van der Waals surface area (Å²) in [6.45, 7) is 6.10. The molecule has 0 atom stereocenters. The number of rotatable bonds is 5. The second-order valence-electron chi connectivity index (χ2n) is 6.12. The number of carbonyl (C=O) groups excluding carboxylic acids is 1. The first-order chi connectivity index (χ1) is 12.6. The van der Waals surface area contributed by atoms with Gasteiger partial charge in [0.2, 0.25) is 0 Å². The average molecular weight is 346 g/mol. The Balaban J connectivity index is 1.73. The van der Waals surface area contributed by atoms with Gasteiger partial charge in [-0.25, -0.2) is 9.97 Å². The van der Waals surface area contributed by atoms with Crippen LogP contribution in [-0.2, 0) is 6.42 Å². The van der Waals surface area contributed by atoms with E-state index in [1.807, 2.05) is 50.2 Å². The van der Waals surface area contributed by atoms with Gasteiger partial charge in [0.05, 0.1) is 12.4 Å². The number of nitrogens with zero attached hydrogens (tertiary/aromatic N) is 2. The molecular weight excluding hydrogens is 324 g/mol. The Morgan fingerprint density at radius 3 is 2.46 bits per heavy atom. The molecule has 132 valence electrons. The second-order valence-corrected chi connectivity index (χ2v) is 6.12. The predicted octanol–water partition coefficient (Wildman–Crippen LogP) is 4.65. The summed E-state index contributed by atoms with van der Waals surface area (Å²) in [7, 11) is 0. The molecular formula is C21H22N4O. The van der Waals surface area contributed by atoms with Crippen molar-refractivity contribution in [2.24, 2.45) is 0 Å². The maximum atomic E-state index is 12.4. The highest BCUT2D eigenvalue weighted by Crippen LogP contribution is 2.20. The summed E-state index contributed by atoms with van der Waals surface area (Å²) < 4.78 is 0. The topological polar surface area (TPSA) is 66.9 Å². The third-order valence-electron chi connectivity index (χ3n) is 4.40. The van der Waals surface area contributed by atoms with Gasteiger partial charge in [0.15, 0.2) is 0 Å². The van der Waals surface area contributed by atoms with Crippen LogP contribution in [0.5, 0.6) is 0 Å². The number of benzene rings is 2. The molecule has 3 aromatic rings. The highest BCUT2D eigenvalue weighted by molar-refractivity contribution is 6.03. The summed E-state index contributed by atoms with van der Waals surface area (Å²) in [5, 5.41) is 6.14. The van der Waals surface area contributed by atoms with Gasteiger partial charge in [0.1, 0.15) is 11.5 Å². The van der Waals surface area contributed by atoms with Gasteiger partial charge in [-0.1, -0.05) is 37.3 Å². The lowest BCUT2D eigenvalue weighted by Gasteiger charge is -2.11. The Morgan fingerprint density at radius 1 is 0.962 bits per heavy atom. The smallest absolute Gasteiger partial charge is 0.275 e. The number of aryl methyl sites for hydroxylation is 2. The fourth-order valence-corrected chi connectivity index (χ4v) is 2.67. The van der Waals surface area contributed by atoms with Gasteiger partial charge < -0.3 is 10.6 Å². The van der Waals surface area contributed by atoms with E-state index < -0.39 is 0 Å². The van der Waals surface area contributed by atoms with Gasteiger partial charge >= 0.3 is 0 Å². The summed E-state index contributed by atoms with van der Waals surface area (Å²) in [5.41, 5.74) is 5.44. The zero-order chi connectivity index (χ0) is 18.5. The summed E-state index contributed by atoms with van der Waals surface area (Å²) in [6.07, 6.45) is 3.98. The summed E-state index contributed by atoms with van der Waals surface area (Å²) in [5.74, 6) is 0.334. The molecule has 0 radical (unpaired) electrons. The molecule has 0 unspecified atom stereocenters. The molecule has 1 heterocycles. The van der Waals surface area contributed by atoms with E-state index in [2.05, 4.69) is 33.6 Å².